The highest BCUT2D eigenvalue weighted by molar-refractivity contribution is 7.92. The van der Waals surface area contributed by atoms with E-state index in [0.29, 0.717) is 28.4 Å². The maximum absolute atomic E-state index is 13.3. The number of ether oxygens (including phenoxy) is 1. The van der Waals surface area contributed by atoms with Gasteiger partial charge < -0.3 is 25.4 Å². The predicted molar refractivity (Wildman–Crippen MR) is 140 cm³/mol. The van der Waals surface area contributed by atoms with E-state index in [1.54, 1.807) is 18.2 Å². The number of halogens is 6. The zero-order valence-corrected chi connectivity index (χ0v) is 23.5. The number of benzene rings is 2. The van der Waals surface area contributed by atoms with Crippen LogP contribution in [-0.2, 0) is 25.6 Å². The van der Waals surface area contributed by atoms with Crippen molar-refractivity contribution in [3.8, 4) is 11.8 Å². The maximum Gasteiger partial charge on any atom is 0.490 e. The summed E-state index contributed by atoms with van der Waals surface area (Å²) in [6.45, 7) is 0.515. The van der Waals surface area contributed by atoms with Gasteiger partial charge in [0.1, 0.15) is 22.3 Å². The lowest BCUT2D eigenvalue weighted by Crippen LogP contribution is -2.28. The fourth-order valence-corrected chi connectivity index (χ4v) is 7.08. The van der Waals surface area contributed by atoms with Crippen LogP contribution in [0.15, 0.2) is 51.7 Å². The molecule has 3 rings (SSSR count). The van der Waals surface area contributed by atoms with Gasteiger partial charge in [-0.05, 0) is 47.3 Å². The van der Waals surface area contributed by atoms with Crippen LogP contribution in [0.1, 0.15) is 22.5 Å². The first-order valence-electron chi connectivity index (χ1n) is 11.1. The molecule has 0 aliphatic heterocycles. The predicted octanol–water partition coefficient (Wildman–Crippen LogP) is 3.95. The molecule has 1 unspecified atom stereocenters. The molecule has 0 fully saturated rings. The topological polar surface area (TPSA) is 212 Å². The van der Waals surface area contributed by atoms with Crippen LogP contribution < -0.4 is 15.2 Å². The molecule has 6 N–H and O–H groups in total. The molecule has 43 heavy (non-hydrogen) atoms. The Balaban J connectivity index is 0.000000821. The number of aliphatic imine (C=N–C) groups is 1. The molecule has 1 atom stereocenters. The van der Waals surface area contributed by atoms with Crippen LogP contribution in [0.25, 0.3) is 10.1 Å². The Morgan fingerprint density at radius 1 is 1.16 bits per heavy atom. The van der Waals surface area contributed by atoms with Crippen molar-refractivity contribution in [1.29, 1.82) is 5.26 Å². The zero-order valence-electron chi connectivity index (χ0n) is 21.0. The number of hydrogen-bond acceptors (Lipinski definition) is 8. The summed E-state index contributed by atoms with van der Waals surface area (Å²) in [7, 11) is -9.95. The number of sulfonamides is 1. The third-order valence-electron chi connectivity index (χ3n) is 4.96. The second-order valence-electron chi connectivity index (χ2n) is 8.00. The van der Waals surface area contributed by atoms with Crippen molar-refractivity contribution in [2.45, 2.75) is 22.3 Å². The van der Waals surface area contributed by atoms with Gasteiger partial charge >= 0.3 is 25.9 Å². The van der Waals surface area contributed by atoms with E-state index in [4.69, 9.17) is 25.6 Å². The Labute approximate surface area is 242 Å². The number of nitrogens with one attached hydrogen (secondary N) is 1. The smallest absolute Gasteiger partial charge is 0.490 e. The van der Waals surface area contributed by atoms with E-state index in [1.807, 2.05) is 4.72 Å². The highest BCUT2D eigenvalue weighted by Gasteiger charge is 2.40. The van der Waals surface area contributed by atoms with Crippen molar-refractivity contribution >= 4 is 51.3 Å². The molecule has 21 heteroatoms. The van der Waals surface area contributed by atoms with E-state index in [1.165, 1.54) is 12.1 Å². The van der Waals surface area contributed by atoms with Gasteiger partial charge in [0.15, 0.2) is 0 Å². The number of hydrogen-bond donors (Lipinski definition) is 5. The Hall–Kier alpha value is -3.73. The molecule has 1 aromatic heterocycles. The molecular formula is C22H19F6N4O8PS2. The zero-order chi connectivity index (χ0) is 32.8. The van der Waals surface area contributed by atoms with Crippen molar-refractivity contribution in [3.63, 3.8) is 0 Å². The average molecular weight is 677 g/mol. The minimum absolute atomic E-state index is 0.213. The SMILES string of the molecule is N#Cc1ccc(C(NS(=O)(=O)c2cc3cc(OCCN=CN)ccc3s2)P(=O)(O)O)cc1C(F)(F)F.O=C(O)C(F)(F)F. The van der Waals surface area contributed by atoms with Gasteiger partial charge in [-0.2, -0.15) is 36.3 Å². The Morgan fingerprint density at radius 2 is 1.79 bits per heavy atom. The molecule has 0 saturated heterocycles. The Kier molecular flexibility index (Phi) is 11.3. The van der Waals surface area contributed by atoms with E-state index in [2.05, 4.69) is 4.99 Å². The van der Waals surface area contributed by atoms with E-state index < -0.39 is 58.4 Å². The molecule has 0 aliphatic rings. The highest BCUT2D eigenvalue weighted by atomic mass is 32.2. The second kappa shape index (κ2) is 13.7. The van der Waals surface area contributed by atoms with Gasteiger partial charge in [-0.1, -0.05) is 6.07 Å². The van der Waals surface area contributed by atoms with Crippen molar-refractivity contribution < 1.29 is 63.8 Å². The molecule has 2 aromatic carbocycles. The second-order valence-corrected chi connectivity index (χ2v) is 12.7. The molecule has 234 valence electrons. The summed E-state index contributed by atoms with van der Waals surface area (Å²) in [5.74, 6) is -4.68. The number of nitrogens with two attached hydrogens (primary N) is 1. The Morgan fingerprint density at radius 3 is 2.30 bits per heavy atom. The van der Waals surface area contributed by atoms with E-state index in [0.717, 1.165) is 29.8 Å². The quantitative estimate of drug-likeness (QED) is 0.0724. The molecule has 12 nitrogen and oxygen atoms in total. The molecule has 0 amide bonds. The number of carboxylic acid groups (broad SMARTS) is 1. The summed E-state index contributed by atoms with van der Waals surface area (Å²) in [5, 5.41) is 16.5. The first-order chi connectivity index (χ1) is 19.7. The Bertz CT molecular complexity index is 1700. The number of nitrogens with zero attached hydrogens (tertiary/aromatic N) is 2. The fraction of sp³-hybridized carbons (Fsp3) is 0.227. The largest absolute Gasteiger partial charge is 0.492 e. The van der Waals surface area contributed by atoms with Gasteiger partial charge in [-0.15, -0.1) is 11.3 Å². The van der Waals surface area contributed by atoms with E-state index in [9.17, 15) is 49.1 Å². The normalized spacial score (nSPS) is 13.3. The van der Waals surface area contributed by atoms with Crippen molar-refractivity contribution in [2.24, 2.45) is 10.7 Å². The fourth-order valence-electron chi connectivity index (χ4n) is 3.11. The molecular weight excluding hydrogens is 657 g/mol. The van der Waals surface area contributed by atoms with Crippen LogP contribution in [0.3, 0.4) is 0 Å². The molecule has 0 saturated carbocycles. The molecule has 0 aliphatic carbocycles. The van der Waals surface area contributed by atoms with Crippen LogP contribution in [0, 0.1) is 11.3 Å². The van der Waals surface area contributed by atoms with Crippen molar-refractivity contribution in [2.75, 3.05) is 13.2 Å². The summed E-state index contributed by atoms with van der Waals surface area (Å²) in [6, 6.07) is 9.21. The lowest BCUT2D eigenvalue weighted by molar-refractivity contribution is -0.192. The van der Waals surface area contributed by atoms with Gasteiger partial charge in [0.25, 0.3) is 10.0 Å². The standard InChI is InChI=1S/C20H18F3N4O6PS2.C2HF3O2/c21-20(22,23)16-8-12(1-2-13(16)10-24)19(34(28,29)30)27-36(31,32)18-9-14-7-15(3-4-17(14)35-18)33-6-5-26-11-25;3-2(4,5)1(6)7/h1-4,7-9,11,19,27H,5-6H2,(H2,25,26)(H2,28,29,30);(H,6,7). The van der Waals surface area contributed by atoms with Crippen LogP contribution in [0.2, 0.25) is 0 Å². The lowest BCUT2D eigenvalue weighted by atomic mass is 10.0. The first kappa shape index (κ1) is 35.5. The van der Waals surface area contributed by atoms with Gasteiger partial charge in [-0.25, -0.2) is 13.2 Å². The summed E-state index contributed by atoms with van der Waals surface area (Å²) in [6.07, 6.45) is -8.97. The van der Waals surface area contributed by atoms with Gasteiger partial charge in [0, 0.05) is 4.70 Å². The third-order valence-corrected chi connectivity index (χ3v) is 9.24. The van der Waals surface area contributed by atoms with Crippen molar-refractivity contribution in [3.05, 3.63) is 59.2 Å². The maximum atomic E-state index is 13.3. The van der Waals surface area contributed by atoms with Crippen molar-refractivity contribution in [1.82, 2.24) is 4.72 Å². The van der Waals surface area contributed by atoms with Crippen LogP contribution in [-0.4, -0.2) is 54.9 Å². The van der Waals surface area contributed by atoms with Crippen LogP contribution in [0.4, 0.5) is 26.3 Å². The molecule has 0 spiro atoms. The lowest BCUT2D eigenvalue weighted by Gasteiger charge is -2.21. The minimum atomic E-state index is -5.35. The molecule has 1 heterocycles. The highest BCUT2D eigenvalue weighted by Crippen LogP contribution is 2.51. The summed E-state index contributed by atoms with van der Waals surface area (Å²) in [5.41, 5.74) is 2.25. The minimum Gasteiger partial charge on any atom is -0.492 e. The monoisotopic (exact) mass is 676 g/mol. The summed E-state index contributed by atoms with van der Waals surface area (Å²) in [4.78, 5) is 32.2. The third kappa shape index (κ3) is 9.91. The number of carboxylic acids is 1. The number of nitriles is 1. The van der Waals surface area contributed by atoms with Gasteiger partial charge in [-0.3, -0.25) is 9.56 Å². The van der Waals surface area contributed by atoms with Gasteiger partial charge in [0.05, 0.1) is 30.1 Å². The summed E-state index contributed by atoms with van der Waals surface area (Å²) >= 11 is 0.784. The number of carbonyl (C=O) groups is 1. The number of rotatable bonds is 9. The van der Waals surface area contributed by atoms with Gasteiger partial charge in [0.2, 0.25) is 0 Å². The van der Waals surface area contributed by atoms with E-state index in [-0.39, 0.29) is 10.8 Å². The number of fused-ring (bicyclic) bond motifs is 1. The molecule has 0 radical (unpaired) electrons. The van der Waals surface area contributed by atoms with Crippen LogP contribution in [0.5, 0.6) is 5.75 Å². The number of thiophene rings is 1. The number of alkyl halides is 6. The first-order valence-corrected chi connectivity index (χ1v) is 15.0. The molecule has 3 aromatic rings. The molecule has 0 bridgehead atoms. The average Bonchev–Trinajstić information content (AvgIpc) is 3.33. The number of aliphatic carboxylic acids is 1. The van der Waals surface area contributed by atoms with E-state index >= 15 is 0 Å². The summed E-state index contributed by atoms with van der Waals surface area (Å²) < 4.78 is 117. The van der Waals surface area contributed by atoms with Crippen LogP contribution >= 0.6 is 18.9 Å².